The molecule has 3 rings (SSSR count). The van der Waals surface area contributed by atoms with Crippen LogP contribution in [0.5, 0.6) is 0 Å². The highest BCUT2D eigenvalue weighted by Gasteiger charge is 2.34. The highest BCUT2D eigenvalue weighted by molar-refractivity contribution is 5.99. The number of Topliss-reactive ketones (excluding diaryl/α,β-unsaturated/α-hetero) is 1. The molecular formula is C17H16FN3O3. The first-order valence-electron chi connectivity index (χ1n) is 7.52. The van der Waals surface area contributed by atoms with Gasteiger partial charge in [-0.05, 0) is 24.6 Å². The molecule has 0 spiro atoms. The molecule has 1 saturated carbocycles. The predicted octanol–water partition coefficient (Wildman–Crippen LogP) is 1.22. The van der Waals surface area contributed by atoms with Crippen molar-refractivity contribution in [2.24, 2.45) is 11.7 Å². The van der Waals surface area contributed by atoms with Gasteiger partial charge in [0.15, 0.2) is 0 Å². The molecule has 2 atom stereocenters. The Labute approximate surface area is 137 Å². The van der Waals surface area contributed by atoms with Gasteiger partial charge in [0.25, 0.3) is 5.56 Å². The van der Waals surface area contributed by atoms with E-state index in [1.807, 2.05) is 0 Å². The quantitative estimate of drug-likeness (QED) is 0.885. The van der Waals surface area contributed by atoms with Crippen LogP contribution in [0.1, 0.15) is 12.8 Å². The second-order valence-electron chi connectivity index (χ2n) is 5.77. The van der Waals surface area contributed by atoms with Crippen molar-refractivity contribution in [1.29, 1.82) is 0 Å². The number of carbonyl (C=O) groups is 2. The third-order valence-electron chi connectivity index (χ3n) is 4.08. The van der Waals surface area contributed by atoms with Gasteiger partial charge in [0.2, 0.25) is 5.91 Å². The Morgan fingerprint density at radius 1 is 1.25 bits per heavy atom. The Hall–Kier alpha value is -2.80. The highest BCUT2D eigenvalue weighted by atomic mass is 19.1. The SMILES string of the molecule is N[C@H]1C[C@@H](C(=O)Nc2ccc(-n3ccccc3=O)cc2F)CC1=O. The van der Waals surface area contributed by atoms with Crippen LogP contribution in [-0.4, -0.2) is 22.3 Å². The van der Waals surface area contributed by atoms with Crippen LogP contribution in [0.2, 0.25) is 0 Å². The lowest BCUT2D eigenvalue weighted by molar-refractivity contribution is -0.122. The average Bonchev–Trinajstić information content (AvgIpc) is 2.89. The van der Waals surface area contributed by atoms with E-state index in [4.69, 9.17) is 5.73 Å². The van der Waals surface area contributed by atoms with Crippen LogP contribution in [0.3, 0.4) is 0 Å². The normalized spacial score (nSPS) is 20.2. The molecule has 0 bridgehead atoms. The molecule has 24 heavy (non-hydrogen) atoms. The monoisotopic (exact) mass is 329 g/mol. The minimum Gasteiger partial charge on any atom is -0.323 e. The molecule has 2 aromatic rings. The van der Waals surface area contributed by atoms with Crippen molar-refractivity contribution in [2.75, 3.05) is 5.32 Å². The molecule has 1 aliphatic rings. The van der Waals surface area contributed by atoms with Gasteiger partial charge >= 0.3 is 0 Å². The molecule has 1 amide bonds. The molecule has 7 heteroatoms. The highest BCUT2D eigenvalue weighted by Crippen LogP contribution is 2.24. The summed E-state index contributed by atoms with van der Waals surface area (Å²) in [4.78, 5) is 35.3. The summed E-state index contributed by atoms with van der Waals surface area (Å²) in [5.74, 6) is -1.79. The van der Waals surface area contributed by atoms with Crippen molar-refractivity contribution in [3.63, 3.8) is 0 Å². The number of pyridine rings is 1. The first-order valence-corrected chi connectivity index (χ1v) is 7.52. The Bertz CT molecular complexity index is 862. The van der Waals surface area contributed by atoms with Crippen molar-refractivity contribution < 1.29 is 14.0 Å². The molecular weight excluding hydrogens is 313 g/mol. The number of amides is 1. The number of nitrogens with one attached hydrogen (secondary N) is 1. The maximum atomic E-state index is 14.2. The van der Waals surface area contributed by atoms with Gasteiger partial charge in [-0.15, -0.1) is 0 Å². The Morgan fingerprint density at radius 3 is 2.67 bits per heavy atom. The summed E-state index contributed by atoms with van der Waals surface area (Å²) in [6.07, 6.45) is 1.87. The molecule has 0 saturated heterocycles. The minimum absolute atomic E-state index is 0.000602. The van der Waals surface area contributed by atoms with Crippen LogP contribution in [0.25, 0.3) is 5.69 Å². The number of hydrogen-bond acceptors (Lipinski definition) is 4. The fraction of sp³-hybridized carbons (Fsp3) is 0.235. The summed E-state index contributed by atoms with van der Waals surface area (Å²) in [6.45, 7) is 0. The van der Waals surface area contributed by atoms with E-state index in [1.54, 1.807) is 12.1 Å². The second kappa shape index (κ2) is 6.37. The predicted molar refractivity (Wildman–Crippen MR) is 86.3 cm³/mol. The lowest BCUT2D eigenvalue weighted by Gasteiger charge is -2.12. The summed E-state index contributed by atoms with van der Waals surface area (Å²) < 4.78 is 15.5. The first-order chi connectivity index (χ1) is 11.5. The number of ketones is 1. The van der Waals surface area contributed by atoms with Crippen molar-refractivity contribution in [1.82, 2.24) is 4.57 Å². The van der Waals surface area contributed by atoms with Gasteiger partial charge < -0.3 is 11.1 Å². The minimum atomic E-state index is -0.662. The van der Waals surface area contributed by atoms with Gasteiger partial charge in [-0.3, -0.25) is 19.0 Å². The lowest BCUT2D eigenvalue weighted by atomic mass is 10.1. The largest absolute Gasteiger partial charge is 0.323 e. The van der Waals surface area contributed by atoms with Crippen molar-refractivity contribution in [3.8, 4) is 5.69 Å². The third-order valence-corrected chi connectivity index (χ3v) is 4.08. The number of rotatable bonds is 3. The van der Waals surface area contributed by atoms with E-state index in [2.05, 4.69) is 5.32 Å². The van der Waals surface area contributed by atoms with E-state index in [9.17, 15) is 18.8 Å². The van der Waals surface area contributed by atoms with Crippen LogP contribution in [-0.2, 0) is 9.59 Å². The van der Waals surface area contributed by atoms with E-state index < -0.39 is 23.7 Å². The van der Waals surface area contributed by atoms with Gasteiger partial charge in [-0.25, -0.2) is 4.39 Å². The summed E-state index contributed by atoms with van der Waals surface area (Å²) in [5.41, 5.74) is 5.66. The zero-order valence-corrected chi connectivity index (χ0v) is 12.7. The number of aromatic nitrogens is 1. The van der Waals surface area contributed by atoms with Crippen LogP contribution in [0.15, 0.2) is 47.4 Å². The van der Waals surface area contributed by atoms with Crippen LogP contribution >= 0.6 is 0 Å². The number of nitrogens with zero attached hydrogens (tertiary/aromatic N) is 1. The maximum absolute atomic E-state index is 14.2. The zero-order chi connectivity index (χ0) is 17.3. The van der Waals surface area contributed by atoms with E-state index in [-0.39, 0.29) is 29.9 Å². The number of carbonyl (C=O) groups excluding carboxylic acids is 2. The van der Waals surface area contributed by atoms with E-state index in [0.29, 0.717) is 5.69 Å². The topological polar surface area (TPSA) is 94.2 Å². The Kier molecular flexibility index (Phi) is 4.26. The summed E-state index contributed by atoms with van der Waals surface area (Å²) >= 11 is 0. The van der Waals surface area contributed by atoms with E-state index in [0.717, 1.165) is 0 Å². The van der Waals surface area contributed by atoms with Crippen LogP contribution in [0, 0.1) is 11.7 Å². The molecule has 0 aliphatic heterocycles. The maximum Gasteiger partial charge on any atom is 0.255 e. The summed E-state index contributed by atoms with van der Waals surface area (Å²) in [5, 5.41) is 2.48. The molecule has 1 aliphatic carbocycles. The van der Waals surface area contributed by atoms with Gasteiger partial charge in [0, 0.05) is 30.7 Å². The number of nitrogens with two attached hydrogens (primary N) is 1. The lowest BCUT2D eigenvalue weighted by Crippen LogP contribution is -2.25. The fourth-order valence-corrected chi connectivity index (χ4v) is 2.75. The van der Waals surface area contributed by atoms with Crippen molar-refractivity contribution in [2.45, 2.75) is 18.9 Å². The number of benzene rings is 1. The second-order valence-corrected chi connectivity index (χ2v) is 5.77. The molecule has 1 heterocycles. The van der Waals surface area contributed by atoms with Crippen LogP contribution in [0.4, 0.5) is 10.1 Å². The molecule has 0 unspecified atom stereocenters. The summed E-state index contributed by atoms with van der Waals surface area (Å²) in [6, 6.07) is 8.09. The van der Waals surface area contributed by atoms with E-state index in [1.165, 1.54) is 35.0 Å². The molecule has 6 nitrogen and oxygen atoms in total. The fourth-order valence-electron chi connectivity index (χ4n) is 2.75. The summed E-state index contributed by atoms with van der Waals surface area (Å²) in [7, 11) is 0. The number of hydrogen-bond donors (Lipinski definition) is 2. The van der Waals surface area contributed by atoms with Gasteiger partial charge in [-0.2, -0.15) is 0 Å². The smallest absolute Gasteiger partial charge is 0.255 e. The van der Waals surface area contributed by atoms with Gasteiger partial charge in [0.05, 0.1) is 17.4 Å². The van der Waals surface area contributed by atoms with Crippen molar-refractivity contribution in [3.05, 3.63) is 58.8 Å². The average molecular weight is 329 g/mol. The third kappa shape index (κ3) is 3.11. The standard InChI is InChI=1S/C17H16FN3O3/c18-12-9-11(21-6-2-1-3-16(21)23)4-5-14(12)20-17(24)10-7-13(19)15(22)8-10/h1-6,9-10,13H,7-8,19H2,(H,20,24)/t10-,13+/m1/s1. The molecule has 3 N–H and O–H groups in total. The Morgan fingerprint density at radius 2 is 2.04 bits per heavy atom. The zero-order valence-electron chi connectivity index (χ0n) is 12.7. The van der Waals surface area contributed by atoms with Gasteiger partial charge in [0.1, 0.15) is 11.6 Å². The molecule has 1 aromatic heterocycles. The number of anilines is 1. The van der Waals surface area contributed by atoms with Crippen LogP contribution < -0.4 is 16.6 Å². The first kappa shape index (κ1) is 16.1. The molecule has 1 aromatic carbocycles. The molecule has 124 valence electrons. The Balaban J connectivity index is 1.79. The van der Waals surface area contributed by atoms with E-state index >= 15 is 0 Å². The van der Waals surface area contributed by atoms with Gasteiger partial charge in [-0.1, -0.05) is 6.07 Å². The number of halogens is 1. The molecule has 0 radical (unpaired) electrons. The molecule has 1 fully saturated rings. The van der Waals surface area contributed by atoms with Crippen molar-refractivity contribution >= 4 is 17.4 Å².